The van der Waals surface area contributed by atoms with E-state index in [0.29, 0.717) is 12.6 Å². The average Bonchev–Trinajstić information content (AvgIpc) is 2.83. The molecule has 0 amide bonds. The lowest BCUT2D eigenvalue weighted by atomic mass is 10.0. The van der Waals surface area contributed by atoms with E-state index in [4.69, 9.17) is 14.5 Å². The standard InChI is InChI=1S/C12H18FN2O8P/c1-2-3-8(23-24(19,20)21)10-7(16)4-9(22-10)15-5-6(13)11(17)14-12(15)18/h5,7-10,16H,2-4H2,1H3,(H,14,17,18)(H2,19,20,21)/t7-,8+,9+,10-/m0/s1. The van der Waals surface area contributed by atoms with Crippen molar-refractivity contribution in [1.29, 1.82) is 0 Å². The Morgan fingerprint density at radius 1 is 1.54 bits per heavy atom. The van der Waals surface area contributed by atoms with E-state index in [9.17, 15) is 23.7 Å². The fraction of sp³-hybridized carbons (Fsp3) is 0.667. The molecule has 0 saturated carbocycles. The molecule has 1 aromatic rings. The van der Waals surface area contributed by atoms with Gasteiger partial charge < -0.3 is 19.6 Å². The summed E-state index contributed by atoms with van der Waals surface area (Å²) in [6.07, 6.45) is -3.34. The van der Waals surface area contributed by atoms with E-state index in [0.717, 1.165) is 4.57 Å². The van der Waals surface area contributed by atoms with Crippen LogP contribution in [-0.2, 0) is 13.8 Å². The Balaban J connectivity index is 2.25. The summed E-state index contributed by atoms with van der Waals surface area (Å²) in [6, 6.07) is 0. The van der Waals surface area contributed by atoms with Crippen LogP contribution < -0.4 is 11.2 Å². The van der Waals surface area contributed by atoms with Gasteiger partial charge in [0.15, 0.2) is 0 Å². The summed E-state index contributed by atoms with van der Waals surface area (Å²) in [6.45, 7) is 1.75. The molecule has 1 fully saturated rings. The van der Waals surface area contributed by atoms with Crippen molar-refractivity contribution >= 4 is 7.82 Å². The molecule has 0 radical (unpaired) electrons. The molecule has 4 atom stereocenters. The molecule has 12 heteroatoms. The number of ether oxygens (including phenoxy) is 1. The van der Waals surface area contributed by atoms with Crippen LogP contribution in [0.2, 0.25) is 0 Å². The number of hydrogen-bond acceptors (Lipinski definition) is 6. The average molecular weight is 368 g/mol. The molecule has 1 saturated heterocycles. The Morgan fingerprint density at radius 2 is 2.21 bits per heavy atom. The van der Waals surface area contributed by atoms with Crippen LogP contribution in [0.15, 0.2) is 15.8 Å². The maximum atomic E-state index is 13.4. The van der Waals surface area contributed by atoms with Crippen LogP contribution in [0.3, 0.4) is 0 Å². The van der Waals surface area contributed by atoms with Crippen LogP contribution in [-0.4, -0.2) is 42.8 Å². The molecular weight excluding hydrogens is 350 g/mol. The second-order valence-corrected chi connectivity index (χ2v) is 6.62. The lowest BCUT2D eigenvalue weighted by molar-refractivity contribution is -0.0829. The van der Waals surface area contributed by atoms with Gasteiger partial charge in [-0.05, 0) is 6.42 Å². The van der Waals surface area contributed by atoms with Crippen LogP contribution in [0, 0.1) is 5.82 Å². The molecule has 0 aliphatic carbocycles. The third-order valence-corrected chi connectivity index (χ3v) is 4.13. The van der Waals surface area contributed by atoms with Crippen molar-refractivity contribution in [1.82, 2.24) is 9.55 Å². The first-order valence-corrected chi connectivity index (χ1v) is 8.74. The van der Waals surface area contributed by atoms with Crippen molar-refractivity contribution in [2.75, 3.05) is 0 Å². The van der Waals surface area contributed by atoms with Gasteiger partial charge in [-0.3, -0.25) is 18.9 Å². The van der Waals surface area contributed by atoms with Crippen LogP contribution in [0.1, 0.15) is 32.4 Å². The van der Waals surface area contributed by atoms with Gasteiger partial charge in [0, 0.05) is 6.42 Å². The number of rotatable bonds is 6. The highest BCUT2D eigenvalue weighted by Gasteiger charge is 2.42. The van der Waals surface area contributed by atoms with Gasteiger partial charge in [-0.2, -0.15) is 4.39 Å². The van der Waals surface area contributed by atoms with Gasteiger partial charge in [0.05, 0.1) is 18.4 Å². The van der Waals surface area contributed by atoms with Gasteiger partial charge in [0.2, 0.25) is 5.82 Å². The van der Waals surface area contributed by atoms with Crippen molar-refractivity contribution in [2.45, 2.75) is 50.7 Å². The minimum Gasteiger partial charge on any atom is -0.390 e. The first-order chi connectivity index (χ1) is 11.1. The first kappa shape index (κ1) is 19.0. The van der Waals surface area contributed by atoms with E-state index in [1.54, 1.807) is 11.9 Å². The molecule has 0 unspecified atom stereocenters. The summed E-state index contributed by atoms with van der Waals surface area (Å²) >= 11 is 0. The zero-order valence-electron chi connectivity index (χ0n) is 12.7. The summed E-state index contributed by atoms with van der Waals surface area (Å²) in [5, 5.41) is 10.1. The fourth-order valence-electron chi connectivity index (χ4n) is 2.60. The largest absolute Gasteiger partial charge is 0.469 e. The zero-order valence-corrected chi connectivity index (χ0v) is 13.6. The quantitative estimate of drug-likeness (QED) is 0.495. The Morgan fingerprint density at radius 3 is 2.79 bits per heavy atom. The highest BCUT2D eigenvalue weighted by atomic mass is 31.2. The van der Waals surface area contributed by atoms with Gasteiger partial charge in [-0.1, -0.05) is 13.3 Å². The first-order valence-electron chi connectivity index (χ1n) is 7.20. The molecule has 1 aliphatic rings. The lowest BCUT2D eigenvalue weighted by Crippen LogP contribution is -2.37. The summed E-state index contributed by atoms with van der Waals surface area (Å²) in [4.78, 5) is 42.5. The molecule has 0 aromatic carbocycles. The second-order valence-electron chi connectivity index (χ2n) is 5.43. The number of hydrogen-bond donors (Lipinski definition) is 4. The van der Waals surface area contributed by atoms with Gasteiger partial charge in [-0.15, -0.1) is 0 Å². The lowest BCUT2D eigenvalue weighted by Gasteiger charge is -2.25. The number of aromatic nitrogens is 2. The number of halogens is 1. The smallest absolute Gasteiger partial charge is 0.390 e. The van der Waals surface area contributed by atoms with Crippen molar-refractivity contribution in [2.24, 2.45) is 0 Å². The number of phosphoric acid groups is 1. The highest BCUT2D eigenvalue weighted by molar-refractivity contribution is 7.46. The number of aliphatic hydroxyl groups is 1. The number of H-pyrrole nitrogens is 1. The molecule has 24 heavy (non-hydrogen) atoms. The number of nitrogens with zero attached hydrogens (tertiary/aromatic N) is 1. The van der Waals surface area contributed by atoms with Gasteiger partial charge in [0.25, 0.3) is 5.56 Å². The highest BCUT2D eigenvalue weighted by Crippen LogP contribution is 2.42. The maximum Gasteiger partial charge on any atom is 0.469 e. The monoisotopic (exact) mass is 368 g/mol. The predicted octanol–water partition coefficient (Wildman–Crippen LogP) is -0.398. The molecule has 1 aliphatic heterocycles. The molecule has 0 bridgehead atoms. The maximum absolute atomic E-state index is 13.4. The van der Waals surface area contributed by atoms with Crippen LogP contribution in [0.4, 0.5) is 4.39 Å². The van der Waals surface area contributed by atoms with Crippen LogP contribution in [0.5, 0.6) is 0 Å². The Labute approximate surface area is 135 Å². The van der Waals surface area contributed by atoms with E-state index in [-0.39, 0.29) is 12.8 Å². The van der Waals surface area contributed by atoms with Crippen molar-refractivity contribution < 1.29 is 33.1 Å². The minimum absolute atomic E-state index is 0.138. The van der Waals surface area contributed by atoms with E-state index in [2.05, 4.69) is 4.52 Å². The molecule has 10 nitrogen and oxygen atoms in total. The Kier molecular flexibility index (Phi) is 5.74. The normalized spacial score (nSPS) is 25.8. The van der Waals surface area contributed by atoms with Crippen molar-refractivity contribution in [3.05, 3.63) is 32.9 Å². The molecule has 2 rings (SSSR count). The van der Waals surface area contributed by atoms with Gasteiger partial charge in [-0.25, -0.2) is 9.36 Å². The Bertz CT molecular complexity index is 743. The summed E-state index contributed by atoms with van der Waals surface area (Å²) in [5.41, 5.74) is -2.11. The molecule has 4 N–H and O–H groups in total. The minimum atomic E-state index is -4.81. The SMILES string of the molecule is CCC[C@@H](OP(=O)(O)O)[C@H]1O[C@@H](n2cc(F)c(=O)[nH]c2=O)C[C@@H]1O. The van der Waals surface area contributed by atoms with Gasteiger partial charge in [0.1, 0.15) is 12.3 Å². The second kappa shape index (κ2) is 7.26. The molecular formula is C12H18FN2O8P. The van der Waals surface area contributed by atoms with Crippen LogP contribution in [0.25, 0.3) is 0 Å². The topological polar surface area (TPSA) is 151 Å². The summed E-state index contributed by atoms with van der Waals surface area (Å²) < 4.78 is 35.3. The molecule has 1 aromatic heterocycles. The van der Waals surface area contributed by atoms with E-state index >= 15 is 0 Å². The van der Waals surface area contributed by atoms with Gasteiger partial charge >= 0.3 is 13.5 Å². The zero-order chi connectivity index (χ0) is 18.1. The van der Waals surface area contributed by atoms with Crippen molar-refractivity contribution in [3.8, 4) is 0 Å². The number of phosphoric ester groups is 1. The fourth-order valence-corrected chi connectivity index (χ4v) is 3.17. The predicted molar refractivity (Wildman–Crippen MR) is 77.6 cm³/mol. The molecule has 2 heterocycles. The number of aromatic amines is 1. The van der Waals surface area contributed by atoms with Crippen molar-refractivity contribution in [3.63, 3.8) is 0 Å². The number of nitrogens with one attached hydrogen (secondary N) is 1. The Hall–Kier alpha value is -1.36. The number of aliphatic hydroxyl groups excluding tert-OH is 1. The third-order valence-electron chi connectivity index (χ3n) is 3.58. The molecule has 0 spiro atoms. The van der Waals surface area contributed by atoms with E-state index < -0.39 is 49.4 Å². The van der Waals surface area contributed by atoms with E-state index in [1.807, 2.05) is 0 Å². The van der Waals surface area contributed by atoms with E-state index in [1.165, 1.54) is 0 Å². The summed E-state index contributed by atoms with van der Waals surface area (Å²) in [5.74, 6) is -1.20. The third kappa shape index (κ3) is 4.38. The van der Waals surface area contributed by atoms with Crippen LogP contribution >= 0.6 is 7.82 Å². The summed E-state index contributed by atoms with van der Waals surface area (Å²) in [7, 11) is -4.81. The molecule has 136 valence electrons.